The number of anilines is 1. The molecule has 0 spiro atoms. The summed E-state index contributed by atoms with van der Waals surface area (Å²) in [6.07, 6.45) is 4.06. The number of carbonyl (C=O) groups excluding carboxylic acids is 2. The Morgan fingerprint density at radius 3 is 2.52 bits per heavy atom. The van der Waals surface area contributed by atoms with Gasteiger partial charge in [0.2, 0.25) is 5.95 Å². The van der Waals surface area contributed by atoms with E-state index in [2.05, 4.69) is 25.4 Å². The monoisotopic (exact) mass is 568 g/mol. The number of amides is 1. The highest BCUT2D eigenvalue weighted by Crippen LogP contribution is 2.31. The standard InChI is InChI=1S/C25H25FN8O5S/c1-25(2,3)24(36)39-32-10-8-15(9-11-32)33-22-16(13-28-33)21(29-20(30-22)14-4-6-18(26)27-12-14)31-23(35)17-5-7-19(40-17)34(37)38/h4-7,12-13,15H,8-11H2,1-3H3,(H,29,30,31,35). The number of piperidine rings is 1. The molecule has 15 heteroatoms. The summed E-state index contributed by atoms with van der Waals surface area (Å²) in [4.78, 5) is 54.2. The Bertz CT molecular complexity index is 1590. The van der Waals surface area contributed by atoms with Gasteiger partial charge in [0.25, 0.3) is 5.91 Å². The van der Waals surface area contributed by atoms with Crippen LogP contribution < -0.4 is 5.32 Å². The molecule has 0 saturated carbocycles. The summed E-state index contributed by atoms with van der Waals surface area (Å²) >= 11 is 0.742. The lowest BCUT2D eigenvalue weighted by molar-refractivity contribution is -0.380. The van der Waals surface area contributed by atoms with Gasteiger partial charge in [-0.1, -0.05) is 11.3 Å². The number of thiophene rings is 1. The topological polar surface area (TPSA) is 158 Å². The van der Waals surface area contributed by atoms with Crippen LogP contribution in [-0.2, 0) is 9.63 Å². The van der Waals surface area contributed by atoms with Gasteiger partial charge in [0, 0.05) is 30.9 Å². The summed E-state index contributed by atoms with van der Waals surface area (Å²) in [7, 11) is 0. The number of hydrogen-bond acceptors (Lipinski definition) is 11. The van der Waals surface area contributed by atoms with Gasteiger partial charge in [-0.25, -0.2) is 24.4 Å². The van der Waals surface area contributed by atoms with Crippen LogP contribution in [-0.4, -0.2) is 59.7 Å². The molecule has 1 fully saturated rings. The number of carbonyl (C=O) groups is 2. The highest BCUT2D eigenvalue weighted by atomic mass is 32.1. The molecule has 13 nitrogen and oxygen atoms in total. The van der Waals surface area contributed by atoms with Crippen LogP contribution in [0.15, 0.2) is 36.7 Å². The Morgan fingerprint density at radius 1 is 1.15 bits per heavy atom. The molecule has 5 rings (SSSR count). The fraction of sp³-hybridized carbons (Fsp3) is 0.360. The fourth-order valence-corrected chi connectivity index (χ4v) is 4.79. The van der Waals surface area contributed by atoms with E-state index in [1.807, 2.05) is 0 Å². The number of fused-ring (bicyclic) bond motifs is 1. The summed E-state index contributed by atoms with van der Waals surface area (Å²) < 4.78 is 15.2. The van der Waals surface area contributed by atoms with Gasteiger partial charge in [-0.05, 0) is 51.8 Å². The quantitative estimate of drug-likeness (QED) is 0.201. The van der Waals surface area contributed by atoms with Crippen molar-refractivity contribution in [3.05, 3.63) is 57.6 Å². The largest absolute Gasteiger partial charge is 0.367 e. The molecule has 0 aromatic carbocycles. The third-order valence-corrected chi connectivity index (χ3v) is 7.30. The third-order valence-electron chi connectivity index (χ3n) is 6.26. The highest BCUT2D eigenvalue weighted by Gasteiger charge is 2.30. The van der Waals surface area contributed by atoms with Gasteiger partial charge < -0.3 is 10.2 Å². The minimum Gasteiger partial charge on any atom is -0.367 e. The Balaban J connectivity index is 1.45. The Morgan fingerprint density at radius 2 is 1.90 bits per heavy atom. The van der Waals surface area contributed by atoms with E-state index in [9.17, 15) is 24.1 Å². The van der Waals surface area contributed by atoms with Crippen molar-refractivity contribution < 1.29 is 23.7 Å². The smallest absolute Gasteiger partial charge is 0.330 e. The SMILES string of the molecule is CC(C)(C)C(=O)ON1CCC(n2ncc3c(NC(=O)c4ccc([N+](=O)[O-])s4)nc(-c4ccc(F)nc4)nc32)CC1. The molecule has 0 radical (unpaired) electrons. The van der Waals surface area contributed by atoms with Crippen LogP contribution in [0.25, 0.3) is 22.4 Å². The van der Waals surface area contributed by atoms with Gasteiger partial charge in [-0.2, -0.15) is 9.49 Å². The summed E-state index contributed by atoms with van der Waals surface area (Å²) in [6, 6.07) is 5.19. The zero-order chi connectivity index (χ0) is 28.6. The number of nitrogens with one attached hydrogen (secondary N) is 1. The summed E-state index contributed by atoms with van der Waals surface area (Å²) in [5, 5.41) is 20.3. The number of nitro groups is 1. The van der Waals surface area contributed by atoms with Crippen LogP contribution in [0.3, 0.4) is 0 Å². The molecule has 208 valence electrons. The first kappa shape index (κ1) is 27.2. The van der Waals surface area contributed by atoms with E-state index in [0.29, 0.717) is 42.5 Å². The normalized spacial score (nSPS) is 14.8. The number of aromatic nitrogens is 5. The van der Waals surface area contributed by atoms with Crippen molar-refractivity contribution in [3.8, 4) is 11.4 Å². The maximum absolute atomic E-state index is 13.5. The molecule has 0 atom stereocenters. The van der Waals surface area contributed by atoms with Gasteiger partial charge in [-0.15, -0.1) is 5.06 Å². The van der Waals surface area contributed by atoms with E-state index in [1.54, 1.807) is 36.7 Å². The van der Waals surface area contributed by atoms with E-state index >= 15 is 0 Å². The minimum absolute atomic E-state index is 0.0836. The number of nitrogens with zero attached hydrogens (tertiary/aromatic N) is 7. The van der Waals surface area contributed by atoms with Crippen LogP contribution in [0.2, 0.25) is 0 Å². The number of halogens is 1. The first-order valence-electron chi connectivity index (χ1n) is 12.4. The van der Waals surface area contributed by atoms with E-state index < -0.39 is 22.2 Å². The molecule has 4 aromatic heterocycles. The van der Waals surface area contributed by atoms with Gasteiger partial charge in [0.15, 0.2) is 11.5 Å². The van der Waals surface area contributed by atoms with E-state index in [0.717, 1.165) is 11.3 Å². The lowest BCUT2D eigenvalue weighted by Gasteiger charge is -2.32. The van der Waals surface area contributed by atoms with Gasteiger partial charge in [-0.3, -0.25) is 14.9 Å². The minimum atomic E-state index is -0.665. The molecule has 0 bridgehead atoms. The molecule has 40 heavy (non-hydrogen) atoms. The van der Waals surface area contributed by atoms with Crippen LogP contribution in [0.5, 0.6) is 0 Å². The molecule has 1 aliphatic rings. The molecule has 0 unspecified atom stereocenters. The van der Waals surface area contributed by atoms with Gasteiger partial charge in [0.05, 0.1) is 32.8 Å². The first-order chi connectivity index (χ1) is 19.0. The Kier molecular flexibility index (Phi) is 7.25. The predicted molar refractivity (Wildman–Crippen MR) is 143 cm³/mol. The van der Waals surface area contributed by atoms with Crippen molar-refractivity contribution in [2.45, 2.75) is 39.7 Å². The van der Waals surface area contributed by atoms with E-state index in [4.69, 9.17) is 4.84 Å². The lowest BCUT2D eigenvalue weighted by Crippen LogP contribution is -2.39. The van der Waals surface area contributed by atoms with E-state index in [1.165, 1.54) is 30.5 Å². The zero-order valence-electron chi connectivity index (χ0n) is 21.8. The molecule has 0 aliphatic carbocycles. The van der Waals surface area contributed by atoms with Crippen LogP contribution in [0, 0.1) is 21.5 Å². The van der Waals surface area contributed by atoms with Crippen LogP contribution >= 0.6 is 11.3 Å². The van der Waals surface area contributed by atoms with Crippen molar-refractivity contribution in [3.63, 3.8) is 0 Å². The molecule has 5 heterocycles. The Hall–Kier alpha value is -4.37. The highest BCUT2D eigenvalue weighted by molar-refractivity contribution is 7.17. The summed E-state index contributed by atoms with van der Waals surface area (Å²) in [5.74, 6) is -1.22. The lowest BCUT2D eigenvalue weighted by atomic mass is 9.98. The number of pyridine rings is 1. The molecule has 1 N–H and O–H groups in total. The number of hydrogen-bond donors (Lipinski definition) is 1. The fourth-order valence-electron chi connectivity index (χ4n) is 4.07. The Labute approximate surface area is 231 Å². The second-order valence-electron chi connectivity index (χ2n) is 10.2. The van der Waals surface area contributed by atoms with Crippen molar-refractivity contribution in [2.24, 2.45) is 5.41 Å². The van der Waals surface area contributed by atoms with Crippen molar-refractivity contribution in [1.82, 2.24) is 29.8 Å². The van der Waals surface area contributed by atoms with Gasteiger partial charge in [0.1, 0.15) is 5.82 Å². The van der Waals surface area contributed by atoms with Crippen molar-refractivity contribution in [2.75, 3.05) is 18.4 Å². The second-order valence-corrected chi connectivity index (χ2v) is 11.3. The predicted octanol–water partition coefficient (Wildman–Crippen LogP) is 4.39. The molecule has 1 saturated heterocycles. The third kappa shape index (κ3) is 5.65. The van der Waals surface area contributed by atoms with Gasteiger partial charge >= 0.3 is 11.0 Å². The summed E-state index contributed by atoms with van der Waals surface area (Å²) in [5.41, 5.74) is 0.237. The van der Waals surface area contributed by atoms with E-state index in [-0.39, 0.29) is 33.5 Å². The molecule has 4 aromatic rings. The number of rotatable bonds is 6. The van der Waals surface area contributed by atoms with Crippen molar-refractivity contribution in [1.29, 1.82) is 0 Å². The molecular formula is C25H25FN8O5S. The second kappa shape index (κ2) is 10.7. The zero-order valence-corrected chi connectivity index (χ0v) is 22.6. The first-order valence-corrected chi connectivity index (χ1v) is 13.2. The van der Waals surface area contributed by atoms with Crippen LogP contribution in [0.1, 0.15) is 49.3 Å². The summed E-state index contributed by atoms with van der Waals surface area (Å²) in [6.45, 7) is 6.37. The molecule has 1 amide bonds. The maximum atomic E-state index is 13.5. The number of hydroxylamine groups is 2. The van der Waals surface area contributed by atoms with Crippen LogP contribution in [0.4, 0.5) is 15.2 Å². The maximum Gasteiger partial charge on any atom is 0.330 e. The van der Waals surface area contributed by atoms with Crippen molar-refractivity contribution >= 4 is 45.1 Å². The molecular weight excluding hydrogens is 543 g/mol. The average molecular weight is 569 g/mol. The average Bonchev–Trinajstić information content (AvgIpc) is 3.57. The molecule has 1 aliphatic heterocycles.